The maximum Gasteiger partial charge on any atom is 0.311 e. The predicted octanol–water partition coefficient (Wildman–Crippen LogP) is 2.30. The molecule has 2 heterocycles. The van der Waals surface area contributed by atoms with Crippen LogP contribution in [0.2, 0.25) is 0 Å². The Labute approximate surface area is 103 Å². The largest absolute Gasteiger partial charge is 0.481 e. The molecule has 1 aromatic carbocycles. The molecule has 1 aromatic heterocycles. The van der Waals surface area contributed by atoms with E-state index in [1.165, 1.54) is 0 Å². The van der Waals surface area contributed by atoms with Crippen molar-refractivity contribution in [2.45, 2.75) is 6.42 Å². The van der Waals surface area contributed by atoms with Crippen molar-refractivity contribution in [3.8, 4) is 22.8 Å². The summed E-state index contributed by atoms with van der Waals surface area (Å²) in [6.45, 7) is 0.223. The highest BCUT2D eigenvalue weighted by atomic mass is 16.7. The molecule has 1 aliphatic rings. The summed E-state index contributed by atoms with van der Waals surface area (Å²) in [6.07, 6.45) is -0.120. The number of hydrogen-bond donors (Lipinski definition) is 1. The minimum Gasteiger partial charge on any atom is -0.481 e. The zero-order valence-electron chi connectivity index (χ0n) is 9.38. The highest BCUT2D eigenvalue weighted by Crippen LogP contribution is 2.36. The van der Waals surface area contributed by atoms with E-state index in [0.29, 0.717) is 23.0 Å². The molecule has 5 nitrogen and oxygen atoms in total. The summed E-state index contributed by atoms with van der Waals surface area (Å²) in [5.74, 6) is 1.50. The van der Waals surface area contributed by atoms with Crippen LogP contribution in [0.4, 0.5) is 0 Å². The zero-order chi connectivity index (χ0) is 12.5. The Hall–Kier alpha value is -2.43. The van der Waals surface area contributed by atoms with Crippen LogP contribution in [-0.2, 0) is 11.2 Å². The van der Waals surface area contributed by atoms with Gasteiger partial charge in [0.25, 0.3) is 0 Å². The molecule has 0 bridgehead atoms. The molecule has 0 fully saturated rings. The van der Waals surface area contributed by atoms with E-state index >= 15 is 0 Å². The first-order valence-corrected chi connectivity index (χ1v) is 5.43. The molecule has 0 unspecified atom stereocenters. The second kappa shape index (κ2) is 4.10. The van der Waals surface area contributed by atoms with Gasteiger partial charge in [-0.3, -0.25) is 4.79 Å². The van der Waals surface area contributed by atoms with E-state index in [4.69, 9.17) is 19.0 Å². The van der Waals surface area contributed by atoms with Gasteiger partial charge in [-0.25, -0.2) is 0 Å². The zero-order valence-corrected chi connectivity index (χ0v) is 9.38. The summed E-state index contributed by atoms with van der Waals surface area (Å²) in [5.41, 5.74) is 0.830. The smallest absolute Gasteiger partial charge is 0.311 e. The fourth-order valence-corrected chi connectivity index (χ4v) is 1.83. The Morgan fingerprint density at radius 2 is 2.00 bits per heavy atom. The monoisotopic (exact) mass is 246 g/mol. The van der Waals surface area contributed by atoms with Crippen LogP contribution in [-0.4, -0.2) is 17.9 Å². The van der Waals surface area contributed by atoms with E-state index in [-0.39, 0.29) is 13.2 Å². The van der Waals surface area contributed by atoms with E-state index in [2.05, 4.69) is 0 Å². The number of benzene rings is 1. The summed E-state index contributed by atoms with van der Waals surface area (Å²) in [4.78, 5) is 10.6. The van der Waals surface area contributed by atoms with Crippen molar-refractivity contribution >= 4 is 5.97 Å². The third-order valence-electron chi connectivity index (χ3n) is 2.64. The first-order valence-electron chi connectivity index (χ1n) is 5.43. The molecule has 0 amide bonds. The van der Waals surface area contributed by atoms with Gasteiger partial charge in [0.15, 0.2) is 11.5 Å². The third kappa shape index (κ3) is 1.90. The normalized spacial score (nSPS) is 12.7. The molecule has 1 aliphatic heterocycles. The van der Waals surface area contributed by atoms with E-state index in [9.17, 15) is 4.79 Å². The lowest BCUT2D eigenvalue weighted by Crippen LogP contribution is -1.97. The van der Waals surface area contributed by atoms with Crippen LogP contribution in [0.3, 0.4) is 0 Å². The lowest BCUT2D eigenvalue weighted by atomic mass is 10.1. The Morgan fingerprint density at radius 1 is 1.17 bits per heavy atom. The van der Waals surface area contributed by atoms with E-state index < -0.39 is 5.97 Å². The molecule has 0 saturated carbocycles. The van der Waals surface area contributed by atoms with Gasteiger partial charge in [0.2, 0.25) is 6.79 Å². The maximum absolute atomic E-state index is 10.6. The quantitative estimate of drug-likeness (QED) is 0.899. The second-order valence-electron chi connectivity index (χ2n) is 3.90. The number of hydrogen-bond acceptors (Lipinski definition) is 4. The summed E-state index contributed by atoms with van der Waals surface area (Å²) in [5, 5.41) is 8.68. The molecular formula is C13H10O5. The van der Waals surface area contributed by atoms with Crippen LogP contribution in [0.1, 0.15) is 5.76 Å². The number of furan rings is 1. The average molecular weight is 246 g/mol. The molecule has 0 radical (unpaired) electrons. The Bertz CT molecular complexity index is 599. The molecular weight excluding hydrogens is 236 g/mol. The molecule has 1 N–H and O–H groups in total. The highest BCUT2D eigenvalue weighted by Gasteiger charge is 2.15. The van der Waals surface area contributed by atoms with E-state index in [1.54, 1.807) is 18.2 Å². The summed E-state index contributed by atoms with van der Waals surface area (Å²) in [7, 11) is 0. The minimum atomic E-state index is -0.915. The van der Waals surface area contributed by atoms with Gasteiger partial charge in [0, 0.05) is 5.56 Å². The van der Waals surface area contributed by atoms with Crippen LogP contribution >= 0.6 is 0 Å². The fourth-order valence-electron chi connectivity index (χ4n) is 1.83. The van der Waals surface area contributed by atoms with Gasteiger partial charge >= 0.3 is 5.97 Å². The first-order chi connectivity index (χ1) is 8.72. The number of fused-ring (bicyclic) bond motifs is 1. The maximum atomic E-state index is 10.6. The Balaban J connectivity index is 1.90. The van der Waals surface area contributed by atoms with Crippen molar-refractivity contribution in [1.82, 2.24) is 0 Å². The van der Waals surface area contributed by atoms with E-state index in [1.807, 2.05) is 12.1 Å². The number of aliphatic carboxylic acids is 1. The molecule has 0 aliphatic carbocycles. The Kier molecular flexibility index (Phi) is 2.44. The number of carboxylic acids is 1. The number of ether oxygens (including phenoxy) is 2. The molecule has 0 spiro atoms. The lowest BCUT2D eigenvalue weighted by molar-refractivity contribution is -0.136. The minimum absolute atomic E-state index is 0.120. The SMILES string of the molecule is O=C(O)Cc1ccc(-c2ccc3c(c2)OCO3)o1. The molecule has 3 rings (SSSR count). The van der Waals surface area contributed by atoms with Crippen molar-refractivity contribution in [2.75, 3.05) is 6.79 Å². The molecule has 18 heavy (non-hydrogen) atoms. The predicted molar refractivity (Wildman–Crippen MR) is 61.6 cm³/mol. The molecule has 0 atom stereocenters. The topological polar surface area (TPSA) is 68.9 Å². The van der Waals surface area contributed by atoms with Gasteiger partial charge in [-0.05, 0) is 30.3 Å². The molecule has 2 aromatic rings. The van der Waals surface area contributed by atoms with Crippen LogP contribution in [0.25, 0.3) is 11.3 Å². The molecule has 0 saturated heterocycles. The summed E-state index contributed by atoms with van der Waals surface area (Å²) < 4.78 is 16.0. The highest BCUT2D eigenvalue weighted by molar-refractivity contribution is 5.70. The van der Waals surface area contributed by atoms with Gasteiger partial charge in [-0.15, -0.1) is 0 Å². The van der Waals surface area contributed by atoms with E-state index in [0.717, 1.165) is 5.56 Å². The second-order valence-corrected chi connectivity index (χ2v) is 3.90. The van der Waals surface area contributed by atoms with Gasteiger partial charge in [0.1, 0.15) is 17.9 Å². The van der Waals surface area contributed by atoms with Crippen molar-refractivity contribution in [3.05, 3.63) is 36.1 Å². The number of carbonyl (C=O) groups is 1. The first kappa shape index (κ1) is 10.7. The molecule has 5 heteroatoms. The standard InChI is InChI=1S/C13H10O5/c14-13(15)6-9-2-4-10(18-9)8-1-3-11-12(5-8)17-7-16-11/h1-5H,6-7H2,(H,14,15). The lowest BCUT2D eigenvalue weighted by Gasteiger charge is -1.99. The molecule has 92 valence electrons. The van der Waals surface area contributed by atoms with Crippen LogP contribution in [0.5, 0.6) is 11.5 Å². The van der Waals surface area contributed by atoms with Crippen molar-refractivity contribution in [1.29, 1.82) is 0 Å². The summed E-state index contributed by atoms with van der Waals surface area (Å²) >= 11 is 0. The fraction of sp³-hybridized carbons (Fsp3) is 0.154. The van der Waals surface area contributed by atoms with Gasteiger partial charge < -0.3 is 19.0 Å². The third-order valence-corrected chi connectivity index (χ3v) is 2.64. The van der Waals surface area contributed by atoms with Crippen LogP contribution in [0.15, 0.2) is 34.7 Å². The number of carboxylic acid groups (broad SMARTS) is 1. The van der Waals surface area contributed by atoms with Crippen molar-refractivity contribution in [2.24, 2.45) is 0 Å². The van der Waals surface area contributed by atoms with Gasteiger partial charge in [-0.2, -0.15) is 0 Å². The van der Waals surface area contributed by atoms with Crippen LogP contribution < -0.4 is 9.47 Å². The van der Waals surface area contributed by atoms with Gasteiger partial charge in [-0.1, -0.05) is 0 Å². The van der Waals surface area contributed by atoms with Gasteiger partial charge in [0.05, 0.1) is 0 Å². The van der Waals surface area contributed by atoms with Crippen LogP contribution in [0, 0.1) is 0 Å². The van der Waals surface area contributed by atoms with Crippen molar-refractivity contribution < 1.29 is 23.8 Å². The van der Waals surface area contributed by atoms with Crippen molar-refractivity contribution in [3.63, 3.8) is 0 Å². The average Bonchev–Trinajstić information content (AvgIpc) is 2.95. The Morgan fingerprint density at radius 3 is 2.83 bits per heavy atom. The summed E-state index contributed by atoms with van der Waals surface area (Å²) in [6, 6.07) is 8.86. The number of rotatable bonds is 3.